The van der Waals surface area contributed by atoms with Crippen LogP contribution in [0.1, 0.15) is 45.4 Å². The monoisotopic (exact) mass is 303 g/mol. The van der Waals surface area contributed by atoms with Gasteiger partial charge in [0.15, 0.2) is 0 Å². The van der Waals surface area contributed by atoms with Crippen molar-refractivity contribution in [2.75, 3.05) is 13.1 Å². The smallest absolute Gasteiger partial charge is 0.225 e. The maximum atomic E-state index is 12.5. The molecule has 1 saturated carbocycles. The first-order chi connectivity index (χ1) is 9.06. The second-order valence-electron chi connectivity index (χ2n) is 5.95. The summed E-state index contributed by atoms with van der Waals surface area (Å²) < 4.78 is 0. The topological polar surface area (TPSA) is 75.4 Å². The highest BCUT2D eigenvalue weighted by atomic mass is 35.5. The predicted molar refractivity (Wildman–Crippen MR) is 80.6 cm³/mol. The molecule has 0 aromatic rings. The number of carbonyl (C=O) groups excluding carboxylic acids is 2. The molecule has 20 heavy (non-hydrogen) atoms. The van der Waals surface area contributed by atoms with Crippen LogP contribution in [0.15, 0.2) is 0 Å². The highest BCUT2D eigenvalue weighted by molar-refractivity contribution is 5.85. The summed E-state index contributed by atoms with van der Waals surface area (Å²) >= 11 is 0. The van der Waals surface area contributed by atoms with Crippen molar-refractivity contribution in [2.24, 2.45) is 11.7 Å². The molecule has 0 aromatic carbocycles. The van der Waals surface area contributed by atoms with Gasteiger partial charge in [0.2, 0.25) is 11.8 Å². The fraction of sp³-hybridized carbons (Fsp3) is 0.857. The van der Waals surface area contributed by atoms with Crippen molar-refractivity contribution >= 4 is 24.2 Å². The Bertz CT molecular complexity index is 351. The van der Waals surface area contributed by atoms with Crippen LogP contribution >= 0.6 is 12.4 Å². The number of halogens is 1. The summed E-state index contributed by atoms with van der Waals surface area (Å²) in [6, 6.07) is 0.297. The molecule has 1 aliphatic heterocycles. The fourth-order valence-corrected chi connectivity index (χ4v) is 3.29. The van der Waals surface area contributed by atoms with Crippen LogP contribution < -0.4 is 11.1 Å². The van der Waals surface area contributed by atoms with E-state index >= 15 is 0 Å². The van der Waals surface area contributed by atoms with Gasteiger partial charge in [-0.2, -0.15) is 0 Å². The lowest BCUT2D eigenvalue weighted by molar-refractivity contribution is -0.138. The Balaban J connectivity index is 0.00000200. The molecular weight excluding hydrogens is 278 g/mol. The zero-order valence-corrected chi connectivity index (χ0v) is 13.0. The van der Waals surface area contributed by atoms with Gasteiger partial charge >= 0.3 is 0 Å². The average Bonchev–Trinajstić information content (AvgIpc) is 2.37. The van der Waals surface area contributed by atoms with E-state index in [4.69, 9.17) is 5.73 Å². The Morgan fingerprint density at radius 1 is 1.20 bits per heavy atom. The van der Waals surface area contributed by atoms with Crippen LogP contribution in [-0.4, -0.2) is 41.9 Å². The second-order valence-corrected chi connectivity index (χ2v) is 5.95. The van der Waals surface area contributed by atoms with Gasteiger partial charge in [0, 0.05) is 38.0 Å². The first-order valence-electron chi connectivity index (χ1n) is 7.37. The highest BCUT2D eigenvalue weighted by Crippen LogP contribution is 2.26. The van der Waals surface area contributed by atoms with Crippen LogP contribution in [0, 0.1) is 5.92 Å². The van der Waals surface area contributed by atoms with E-state index in [1.54, 1.807) is 0 Å². The van der Waals surface area contributed by atoms with Crippen molar-refractivity contribution in [3.8, 4) is 0 Å². The molecule has 1 aliphatic carbocycles. The summed E-state index contributed by atoms with van der Waals surface area (Å²) in [5.74, 6) is 0.323. The number of piperidine rings is 1. The molecule has 3 unspecified atom stereocenters. The number of hydrogen-bond donors (Lipinski definition) is 2. The van der Waals surface area contributed by atoms with Crippen molar-refractivity contribution in [3.63, 3.8) is 0 Å². The van der Waals surface area contributed by atoms with Crippen LogP contribution in [0.4, 0.5) is 0 Å². The summed E-state index contributed by atoms with van der Waals surface area (Å²) in [7, 11) is 0. The molecule has 3 atom stereocenters. The van der Waals surface area contributed by atoms with Crippen LogP contribution in [0.25, 0.3) is 0 Å². The van der Waals surface area contributed by atoms with Crippen LogP contribution in [0.2, 0.25) is 0 Å². The summed E-state index contributed by atoms with van der Waals surface area (Å²) in [4.78, 5) is 25.5. The Labute approximate surface area is 127 Å². The van der Waals surface area contributed by atoms with Gasteiger partial charge in [-0.15, -0.1) is 12.4 Å². The lowest BCUT2D eigenvalue weighted by Gasteiger charge is -2.36. The summed E-state index contributed by atoms with van der Waals surface area (Å²) in [6.07, 6.45) is 5.82. The van der Waals surface area contributed by atoms with E-state index in [9.17, 15) is 9.59 Å². The molecule has 2 aliphatic rings. The zero-order chi connectivity index (χ0) is 13.8. The number of nitrogens with zero attached hydrogens (tertiary/aromatic N) is 1. The summed E-state index contributed by atoms with van der Waals surface area (Å²) in [5.41, 5.74) is 5.96. The van der Waals surface area contributed by atoms with Gasteiger partial charge in [0.25, 0.3) is 0 Å². The standard InChI is InChI=1S/C14H25N3O2.ClH/c1-10(18)16-13-6-3-7-17(9-13)14(19)11-4-2-5-12(15)8-11;/h11-13H,2-9,15H2,1H3,(H,16,18);1H. The first-order valence-corrected chi connectivity index (χ1v) is 7.37. The third-order valence-corrected chi connectivity index (χ3v) is 4.20. The predicted octanol–water partition coefficient (Wildman–Crippen LogP) is 1.05. The molecule has 2 amide bonds. The number of nitrogens with two attached hydrogens (primary N) is 1. The third kappa shape index (κ3) is 4.63. The van der Waals surface area contributed by atoms with E-state index < -0.39 is 0 Å². The van der Waals surface area contributed by atoms with Crippen molar-refractivity contribution in [2.45, 2.75) is 57.5 Å². The van der Waals surface area contributed by atoms with Gasteiger partial charge in [0.05, 0.1) is 0 Å². The van der Waals surface area contributed by atoms with Gasteiger partial charge in [-0.1, -0.05) is 6.42 Å². The first kappa shape index (κ1) is 17.2. The molecule has 1 heterocycles. The van der Waals surface area contributed by atoms with Gasteiger partial charge in [-0.05, 0) is 32.1 Å². The molecule has 2 fully saturated rings. The number of likely N-dealkylation sites (tertiary alicyclic amines) is 1. The van der Waals surface area contributed by atoms with E-state index in [1.807, 2.05) is 4.90 Å². The van der Waals surface area contributed by atoms with Gasteiger partial charge in [-0.25, -0.2) is 0 Å². The normalized spacial score (nSPS) is 30.3. The minimum atomic E-state index is -0.0148. The lowest BCUT2D eigenvalue weighted by Crippen LogP contribution is -2.51. The Kier molecular flexibility index (Phi) is 6.76. The minimum absolute atomic E-state index is 0. The van der Waals surface area contributed by atoms with E-state index in [0.717, 1.165) is 45.1 Å². The molecule has 2 rings (SSSR count). The van der Waals surface area contributed by atoms with E-state index in [2.05, 4.69) is 5.32 Å². The number of hydrogen-bond acceptors (Lipinski definition) is 3. The van der Waals surface area contributed by atoms with Crippen molar-refractivity contribution in [1.82, 2.24) is 10.2 Å². The minimum Gasteiger partial charge on any atom is -0.352 e. The van der Waals surface area contributed by atoms with Crippen LogP contribution in [0.5, 0.6) is 0 Å². The average molecular weight is 304 g/mol. The fourth-order valence-electron chi connectivity index (χ4n) is 3.29. The Hall–Kier alpha value is -0.810. The molecule has 116 valence electrons. The molecule has 5 nitrogen and oxygen atoms in total. The second kappa shape index (κ2) is 7.84. The lowest BCUT2D eigenvalue weighted by atomic mass is 9.85. The van der Waals surface area contributed by atoms with Gasteiger partial charge in [-0.3, -0.25) is 9.59 Å². The van der Waals surface area contributed by atoms with E-state index in [-0.39, 0.29) is 42.2 Å². The van der Waals surface area contributed by atoms with Crippen molar-refractivity contribution in [1.29, 1.82) is 0 Å². The van der Waals surface area contributed by atoms with E-state index in [0.29, 0.717) is 6.54 Å². The maximum Gasteiger partial charge on any atom is 0.225 e. The zero-order valence-electron chi connectivity index (χ0n) is 12.1. The van der Waals surface area contributed by atoms with Gasteiger partial charge < -0.3 is 16.0 Å². The van der Waals surface area contributed by atoms with Crippen LogP contribution in [-0.2, 0) is 9.59 Å². The number of carbonyl (C=O) groups is 2. The molecule has 1 saturated heterocycles. The van der Waals surface area contributed by atoms with Crippen molar-refractivity contribution < 1.29 is 9.59 Å². The quantitative estimate of drug-likeness (QED) is 0.801. The largest absolute Gasteiger partial charge is 0.352 e. The molecule has 0 spiro atoms. The molecule has 6 heteroatoms. The third-order valence-electron chi connectivity index (χ3n) is 4.20. The molecule has 0 aromatic heterocycles. The highest BCUT2D eigenvalue weighted by Gasteiger charge is 2.31. The number of nitrogens with one attached hydrogen (secondary N) is 1. The molecule has 0 bridgehead atoms. The SMILES string of the molecule is CC(=O)NC1CCCN(C(=O)C2CCCC(N)C2)C1.Cl. The Morgan fingerprint density at radius 2 is 1.95 bits per heavy atom. The number of amides is 2. The number of rotatable bonds is 2. The molecule has 0 radical (unpaired) electrons. The molecular formula is C14H26ClN3O2. The summed E-state index contributed by atoms with van der Waals surface area (Å²) in [6.45, 7) is 3.01. The van der Waals surface area contributed by atoms with Crippen LogP contribution in [0.3, 0.4) is 0 Å². The van der Waals surface area contributed by atoms with Crippen molar-refractivity contribution in [3.05, 3.63) is 0 Å². The molecule has 3 N–H and O–H groups in total. The summed E-state index contributed by atoms with van der Waals surface area (Å²) in [5, 5.41) is 2.92. The van der Waals surface area contributed by atoms with E-state index in [1.165, 1.54) is 6.92 Å². The van der Waals surface area contributed by atoms with Gasteiger partial charge in [0.1, 0.15) is 0 Å². The Morgan fingerprint density at radius 3 is 2.60 bits per heavy atom. The maximum absolute atomic E-state index is 12.5.